The van der Waals surface area contributed by atoms with Gasteiger partial charge in [-0.05, 0) is 18.9 Å². The fraction of sp³-hybridized carbons (Fsp3) is 0.571. The number of halogens is 1. The average molecular weight is 317 g/mol. The average Bonchev–Trinajstić information content (AvgIpc) is 2.90. The van der Waals surface area contributed by atoms with Crippen LogP contribution in [0.5, 0.6) is 0 Å². The van der Waals surface area contributed by atoms with Crippen molar-refractivity contribution < 1.29 is 12.8 Å². The van der Waals surface area contributed by atoms with E-state index >= 15 is 0 Å². The predicted octanol–water partition coefficient (Wildman–Crippen LogP) is 2.92. The van der Waals surface area contributed by atoms with E-state index in [-0.39, 0.29) is 11.3 Å². The van der Waals surface area contributed by atoms with Gasteiger partial charge in [0.15, 0.2) is 0 Å². The van der Waals surface area contributed by atoms with Gasteiger partial charge in [0.25, 0.3) is 0 Å². The molecule has 3 nitrogen and oxygen atoms in total. The highest BCUT2D eigenvalue weighted by Gasteiger charge is 2.16. The monoisotopic (exact) mass is 317 g/mol. The van der Waals surface area contributed by atoms with Crippen molar-refractivity contribution in [3.8, 4) is 0 Å². The minimum atomic E-state index is -3.46. The Bertz CT molecular complexity index is 528. The van der Waals surface area contributed by atoms with Gasteiger partial charge < -0.3 is 0 Å². The van der Waals surface area contributed by atoms with Crippen molar-refractivity contribution in [3.63, 3.8) is 0 Å². The van der Waals surface area contributed by atoms with Crippen molar-refractivity contribution >= 4 is 21.8 Å². The Morgan fingerprint density at radius 3 is 2.65 bits per heavy atom. The number of hydrogen-bond donors (Lipinski definition) is 1. The lowest BCUT2D eigenvalue weighted by molar-refractivity contribution is 0.577. The van der Waals surface area contributed by atoms with E-state index in [4.69, 9.17) is 0 Å². The molecule has 112 valence electrons. The zero-order valence-corrected chi connectivity index (χ0v) is 13.0. The molecule has 1 fully saturated rings. The molecule has 6 heteroatoms. The van der Waals surface area contributed by atoms with E-state index in [1.807, 2.05) is 11.8 Å². The maximum Gasteiger partial charge on any atom is 0.215 e. The lowest BCUT2D eigenvalue weighted by Gasteiger charge is -2.10. The number of thioether (sulfide) groups is 1. The molecule has 2 rings (SSSR count). The van der Waals surface area contributed by atoms with Gasteiger partial charge in [-0.1, -0.05) is 31.0 Å². The van der Waals surface area contributed by atoms with Crippen LogP contribution < -0.4 is 4.72 Å². The van der Waals surface area contributed by atoms with Crippen molar-refractivity contribution in [2.45, 2.75) is 36.7 Å². The number of sulfonamides is 1. The second kappa shape index (κ2) is 7.43. The van der Waals surface area contributed by atoms with Gasteiger partial charge in [-0.2, -0.15) is 11.8 Å². The number of nitrogens with one attached hydrogen (secondary N) is 1. The third-order valence-electron chi connectivity index (χ3n) is 3.38. The van der Waals surface area contributed by atoms with Crippen LogP contribution in [0.15, 0.2) is 24.3 Å². The molecule has 0 bridgehead atoms. The van der Waals surface area contributed by atoms with E-state index in [0.29, 0.717) is 11.8 Å². The van der Waals surface area contributed by atoms with Crippen LogP contribution in [0.3, 0.4) is 0 Å². The first kappa shape index (κ1) is 15.8. The number of hydrogen-bond acceptors (Lipinski definition) is 3. The summed E-state index contributed by atoms with van der Waals surface area (Å²) in [6.45, 7) is 0.415. The Hall–Kier alpha value is -0.590. The Morgan fingerprint density at radius 2 is 1.95 bits per heavy atom. The Kier molecular flexibility index (Phi) is 5.86. The number of rotatable bonds is 7. The van der Waals surface area contributed by atoms with Crippen LogP contribution in [0.2, 0.25) is 0 Å². The minimum Gasteiger partial charge on any atom is -0.214 e. The molecule has 0 atom stereocenters. The van der Waals surface area contributed by atoms with Gasteiger partial charge >= 0.3 is 0 Å². The molecule has 20 heavy (non-hydrogen) atoms. The third kappa shape index (κ3) is 5.07. The van der Waals surface area contributed by atoms with Crippen LogP contribution >= 0.6 is 11.8 Å². The van der Waals surface area contributed by atoms with Gasteiger partial charge in [0.2, 0.25) is 10.0 Å². The van der Waals surface area contributed by atoms with Crippen LogP contribution in [0.4, 0.5) is 4.39 Å². The van der Waals surface area contributed by atoms with Crippen LogP contribution in [0.25, 0.3) is 0 Å². The second-order valence-corrected chi connectivity index (χ2v) is 8.24. The highest BCUT2D eigenvalue weighted by atomic mass is 32.2. The Balaban J connectivity index is 1.75. The van der Waals surface area contributed by atoms with Gasteiger partial charge in [-0.15, -0.1) is 0 Å². The molecule has 1 aromatic carbocycles. The molecule has 0 spiro atoms. The first-order chi connectivity index (χ1) is 9.57. The second-order valence-electron chi connectivity index (χ2n) is 5.02. The molecule has 1 saturated carbocycles. The summed E-state index contributed by atoms with van der Waals surface area (Å²) in [5.41, 5.74) is 0.212. The molecule has 0 aliphatic heterocycles. The maximum absolute atomic E-state index is 13.4. The summed E-state index contributed by atoms with van der Waals surface area (Å²) in [5.74, 6) is 0.00720. The first-order valence-corrected chi connectivity index (χ1v) is 9.59. The highest BCUT2D eigenvalue weighted by Crippen LogP contribution is 2.28. The summed E-state index contributed by atoms with van der Waals surface area (Å²) in [7, 11) is -3.46. The molecule has 1 aromatic rings. The van der Waals surface area contributed by atoms with Crippen LogP contribution in [0.1, 0.15) is 31.2 Å². The Labute approximate surface area is 124 Å². The van der Waals surface area contributed by atoms with Gasteiger partial charge in [0.1, 0.15) is 5.82 Å². The molecular weight excluding hydrogens is 297 g/mol. The zero-order valence-electron chi connectivity index (χ0n) is 11.3. The minimum absolute atomic E-state index is 0.212. The third-order valence-corrected chi connectivity index (χ3v) is 6.10. The standard InChI is InChI=1S/C14H20FNO2S2/c15-14-8-4-1-5-12(14)11-20(17,18)16-9-10-19-13-6-2-3-7-13/h1,4-5,8,13,16H,2-3,6-7,9-11H2. The molecule has 1 N–H and O–H groups in total. The molecule has 0 saturated heterocycles. The molecule has 0 amide bonds. The van der Waals surface area contributed by atoms with E-state index in [1.165, 1.54) is 37.8 Å². The Morgan fingerprint density at radius 1 is 1.25 bits per heavy atom. The van der Waals surface area contributed by atoms with Crippen molar-refractivity contribution in [3.05, 3.63) is 35.6 Å². The quantitative estimate of drug-likeness (QED) is 0.787. The topological polar surface area (TPSA) is 46.2 Å². The summed E-state index contributed by atoms with van der Waals surface area (Å²) in [4.78, 5) is 0. The lowest BCUT2D eigenvalue weighted by Crippen LogP contribution is -2.28. The fourth-order valence-electron chi connectivity index (χ4n) is 2.35. The maximum atomic E-state index is 13.4. The lowest BCUT2D eigenvalue weighted by atomic mass is 10.2. The molecule has 0 unspecified atom stereocenters. The van der Waals surface area contributed by atoms with Crippen molar-refractivity contribution in [1.82, 2.24) is 4.72 Å². The largest absolute Gasteiger partial charge is 0.215 e. The van der Waals surface area contributed by atoms with E-state index in [0.717, 1.165) is 5.75 Å². The van der Waals surface area contributed by atoms with Crippen molar-refractivity contribution in [2.24, 2.45) is 0 Å². The first-order valence-electron chi connectivity index (χ1n) is 6.89. The molecular formula is C14H20FNO2S2. The van der Waals surface area contributed by atoms with Gasteiger partial charge in [-0.25, -0.2) is 17.5 Å². The molecule has 0 aromatic heterocycles. The van der Waals surface area contributed by atoms with E-state index in [9.17, 15) is 12.8 Å². The molecule has 0 radical (unpaired) electrons. The van der Waals surface area contributed by atoms with E-state index in [2.05, 4.69) is 4.72 Å². The summed E-state index contributed by atoms with van der Waals surface area (Å²) in [5, 5.41) is 0.686. The smallest absolute Gasteiger partial charge is 0.214 e. The molecule has 1 aliphatic rings. The normalized spacial score (nSPS) is 16.6. The van der Waals surface area contributed by atoms with E-state index < -0.39 is 15.8 Å². The fourth-order valence-corrected chi connectivity index (χ4v) is 4.86. The molecule has 1 aliphatic carbocycles. The predicted molar refractivity (Wildman–Crippen MR) is 81.7 cm³/mol. The van der Waals surface area contributed by atoms with E-state index in [1.54, 1.807) is 12.1 Å². The van der Waals surface area contributed by atoms with Gasteiger partial charge in [-0.3, -0.25) is 0 Å². The van der Waals surface area contributed by atoms with Crippen molar-refractivity contribution in [1.29, 1.82) is 0 Å². The zero-order chi connectivity index (χ0) is 14.4. The highest BCUT2D eigenvalue weighted by molar-refractivity contribution is 8.00. The summed E-state index contributed by atoms with van der Waals surface area (Å²) >= 11 is 1.83. The van der Waals surface area contributed by atoms with Crippen LogP contribution in [-0.2, 0) is 15.8 Å². The SMILES string of the molecule is O=S(=O)(Cc1ccccc1F)NCCSC1CCCC1. The summed E-state index contributed by atoms with van der Waals surface area (Å²) in [6.07, 6.45) is 5.06. The summed E-state index contributed by atoms with van der Waals surface area (Å²) < 4.78 is 39.7. The summed E-state index contributed by atoms with van der Waals surface area (Å²) in [6, 6.07) is 5.98. The van der Waals surface area contributed by atoms with Crippen LogP contribution in [0, 0.1) is 5.82 Å². The molecule has 0 heterocycles. The van der Waals surface area contributed by atoms with Crippen molar-refractivity contribution in [2.75, 3.05) is 12.3 Å². The van der Waals surface area contributed by atoms with Gasteiger partial charge in [0, 0.05) is 23.1 Å². The number of benzene rings is 1. The van der Waals surface area contributed by atoms with Crippen LogP contribution in [-0.4, -0.2) is 26.0 Å². The van der Waals surface area contributed by atoms with Gasteiger partial charge in [0.05, 0.1) is 5.75 Å².